The highest BCUT2D eigenvalue weighted by Gasteiger charge is 2.41. The highest BCUT2D eigenvalue weighted by atomic mass is 35.5. The molecular formula is C26H34Cl2O2Si. The summed E-state index contributed by atoms with van der Waals surface area (Å²) in [4.78, 5) is 0. The number of aromatic hydroxyl groups is 1. The van der Waals surface area contributed by atoms with Crippen LogP contribution in [0.4, 0.5) is 0 Å². The maximum atomic E-state index is 11.3. The van der Waals surface area contributed by atoms with Crippen molar-refractivity contribution in [3.63, 3.8) is 0 Å². The lowest BCUT2D eigenvalue weighted by Gasteiger charge is -2.38. The average Bonchev–Trinajstić information content (AvgIpc) is 2.69. The van der Waals surface area contributed by atoms with Gasteiger partial charge in [-0.3, -0.25) is 0 Å². The molecule has 0 bridgehead atoms. The van der Waals surface area contributed by atoms with E-state index < -0.39 is 8.32 Å². The third-order valence-electron chi connectivity index (χ3n) is 7.55. The Morgan fingerprint density at radius 1 is 0.806 bits per heavy atom. The molecule has 2 aliphatic carbocycles. The van der Waals surface area contributed by atoms with E-state index in [1.807, 2.05) is 6.07 Å². The first-order chi connectivity index (χ1) is 14.5. The fourth-order valence-corrected chi connectivity index (χ4v) is 6.33. The molecule has 5 heteroatoms. The molecule has 0 radical (unpaired) electrons. The molecule has 0 aromatic heterocycles. The van der Waals surface area contributed by atoms with Crippen molar-refractivity contribution in [2.75, 3.05) is 0 Å². The summed E-state index contributed by atoms with van der Waals surface area (Å²) in [6, 6.07) is 4.07. The summed E-state index contributed by atoms with van der Waals surface area (Å²) in [6.45, 7) is 11.2. The molecule has 2 nitrogen and oxygen atoms in total. The summed E-state index contributed by atoms with van der Waals surface area (Å²) < 4.78 is 6.89. The molecule has 0 aliphatic heterocycles. The molecule has 0 amide bonds. The maximum absolute atomic E-state index is 11.3. The Hall–Kier alpha value is -1.16. The number of phenolic OH excluding ortho intramolecular Hbond substituents is 1. The van der Waals surface area contributed by atoms with Gasteiger partial charge in [-0.1, -0.05) is 44.0 Å². The Bertz CT molecular complexity index is 1020. The standard InChI is InChI=1S/C26H34Cl2O2Si/c1-26(2,3)31(4,5)30-25-21(28)15-17-11-7-9-13-19(17)23(25)22-18-12-8-6-10-16(18)14-20(27)24(22)29/h14-15,29H,6-13H2,1-5H3. The summed E-state index contributed by atoms with van der Waals surface area (Å²) in [6.07, 6.45) is 8.56. The van der Waals surface area contributed by atoms with Crippen molar-refractivity contribution in [1.82, 2.24) is 0 Å². The Kier molecular flexibility index (Phi) is 6.17. The van der Waals surface area contributed by atoms with Crippen molar-refractivity contribution in [3.05, 3.63) is 44.4 Å². The molecule has 0 saturated carbocycles. The zero-order valence-electron chi connectivity index (χ0n) is 19.4. The van der Waals surface area contributed by atoms with E-state index in [0.29, 0.717) is 10.0 Å². The smallest absolute Gasteiger partial charge is 0.250 e. The lowest BCUT2D eigenvalue weighted by atomic mass is 9.80. The minimum absolute atomic E-state index is 0.0410. The zero-order chi connectivity index (χ0) is 22.6. The van der Waals surface area contributed by atoms with Gasteiger partial charge in [-0.15, -0.1) is 0 Å². The van der Waals surface area contributed by atoms with Gasteiger partial charge in [0, 0.05) is 11.1 Å². The van der Waals surface area contributed by atoms with Crippen molar-refractivity contribution >= 4 is 31.5 Å². The van der Waals surface area contributed by atoms with E-state index in [4.69, 9.17) is 27.6 Å². The number of fused-ring (bicyclic) bond motifs is 2. The number of phenols is 1. The second kappa shape index (κ2) is 8.32. The first-order valence-corrected chi connectivity index (χ1v) is 15.2. The van der Waals surface area contributed by atoms with Crippen LogP contribution >= 0.6 is 23.2 Å². The van der Waals surface area contributed by atoms with Crippen LogP contribution in [0.25, 0.3) is 11.1 Å². The van der Waals surface area contributed by atoms with Gasteiger partial charge in [-0.25, -0.2) is 0 Å². The molecule has 0 atom stereocenters. The number of rotatable bonds is 3. The van der Waals surface area contributed by atoms with E-state index in [0.717, 1.165) is 61.8 Å². The molecule has 0 heterocycles. The predicted octanol–water partition coefficient (Wildman–Crippen LogP) is 8.51. The molecule has 0 saturated heterocycles. The van der Waals surface area contributed by atoms with Crippen molar-refractivity contribution in [2.24, 2.45) is 0 Å². The van der Waals surface area contributed by atoms with E-state index in [2.05, 4.69) is 39.9 Å². The number of hydrogen-bond donors (Lipinski definition) is 1. The molecule has 1 N–H and O–H groups in total. The van der Waals surface area contributed by atoms with Crippen molar-refractivity contribution in [1.29, 1.82) is 0 Å². The zero-order valence-corrected chi connectivity index (χ0v) is 21.9. The predicted molar refractivity (Wildman–Crippen MR) is 135 cm³/mol. The van der Waals surface area contributed by atoms with E-state index in [-0.39, 0.29) is 10.8 Å². The van der Waals surface area contributed by atoms with E-state index in [1.165, 1.54) is 28.7 Å². The van der Waals surface area contributed by atoms with Crippen molar-refractivity contribution < 1.29 is 9.53 Å². The van der Waals surface area contributed by atoms with Crippen LogP contribution in [0.15, 0.2) is 12.1 Å². The highest BCUT2D eigenvalue weighted by Crippen LogP contribution is 2.52. The Labute approximate surface area is 198 Å². The minimum atomic E-state index is -2.15. The topological polar surface area (TPSA) is 29.5 Å². The first kappa shape index (κ1) is 23.0. The molecule has 2 aromatic rings. The largest absolute Gasteiger partial charge is 0.542 e. The van der Waals surface area contributed by atoms with Gasteiger partial charge < -0.3 is 9.53 Å². The second-order valence-electron chi connectivity index (χ2n) is 10.7. The number of benzene rings is 2. The van der Waals surface area contributed by atoms with Crippen LogP contribution < -0.4 is 4.43 Å². The molecule has 4 rings (SSSR count). The van der Waals surface area contributed by atoms with Crippen LogP contribution in [0, 0.1) is 0 Å². The molecule has 168 valence electrons. The van der Waals surface area contributed by atoms with Crippen LogP contribution in [0.2, 0.25) is 28.2 Å². The fourth-order valence-electron chi connectivity index (χ4n) is 4.75. The number of halogens is 2. The highest BCUT2D eigenvalue weighted by molar-refractivity contribution is 6.75. The van der Waals surface area contributed by atoms with Gasteiger partial charge in [0.05, 0.1) is 10.0 Å². The molecular weight excluding hydrogens is 443 g/mol. The molecule has 0 spiro atoms. The third-order valence-corrected chi connectivity index (χ3v) is 12.4. The van der Waals surface area contributed by atoms with Crippen molar-refractivity contribution in [3.8, 4) is 22.6 Å². The lowest BCUT2D eigenvalue weighted by molar-refractivity contribution is 0.473. The van der Waals surface area contributed by atoms with Gasteiger partial charge in [-0.2, -0.15) is 0 Å². The van der Waals surface area contributed by atoms with E-state index in [1.54, 1.807) is 0 Å². The minimum Gasteiger partial charge on any atom is -0.542 e. The van der Waals surface area contributed by atoms with Gasteiger partial charge in [0.15, 0.2) is 0 Å². The SMILES string of the molecule is CC(C)(C)[Si](C)(C)Oc1c(Cl)cc2c(c1-c1c(O)c(Cl)cc3c1CCCC3)CCCC2. The average molecular weight is 478 g/mol. The fraction of sp³-hybridized carbons (Fsp3) is 0.538. The summed E-state index contributed by atoms with van der Waals surface area (Å²) in [5, 5.41) is 12.4. The van der Waals surface area contributed by atoms with Crippen LogP contribution in [-0.4, -0.2) is 13.4 Å². The van der Waals surface area contributed by atoms with Crippen LogP contribution in [0.3, 0.4) is 0 Å². The third kappa shape index (κ3) is 4.14. The number of aryl methyl sites for hydroxylation is 2. The van der Waals surface area contributed by atoms with Gasteiger partial charge in [0.2, 0.25) is 0 Å². The Morgan fingerprint density at radius 2 is 1.29 bits per heavy atom. The lowest BCUT2D eigenvalue weighted by Crippen LogP contribution is -2.44. The quantitative estimate of drug-likeness (QED) is 0.449. The summed E-state index contributed by atoms with van der Waals surface area (Å²) in [5.74, 6) is 0.927. The van der Waals surface area contributed by atoms with Crippen LogP contribution in [0.5, 0.6) is 11.5 Å². The monoisotopic (exact) mass is 476 g/mol. The van der Waals surface area contributed by atoms with Crippen LogP contribution in [0.1, 0.15) is 68.7 Å². The molecule has 2 aliphatic rings. The summed E-state index contributed by atoms with van der Waals surface area (Å²) in [5.41, 5.74) is 6.93. The second-order valence-corrected chi connectivity index (χ2v) is 16.2. The molecule has 31 heavy (non-hydrogen) atoms. The normalized spacial score (nSPS) is 16.6. The molecule has 0 unspecified atom stereocenters. The number of hydrogen-bond acceptors (Lipinski definition) is 2. The molecule has 2 aromatic carbocycles. The maximum Gasteiger partial charge on any atom is 0.250 e. The van der Waals surface area contributed by atoms with Gasteiger partial charge in [0.1, 0.15) is 11.5 Å². The first-order valence-electron chi connectivity index (χ1n) is 11.6. The van der Waals surface area contributed by atoms with Crippen LogP contribution in [-0.2, 0) is 25.7 Å². The van der Waals surface area contributed by atoms with Gasteiger partial charge in [-0.05, 0) is 104 Å². The van der Waals surface area contributed by atoms with Gasteiger partial charge >= 0.3 is 0 Å². The van der Waals surface area contributed by atoms with E-state index >= 15 is 0 Å². The van der Waals surface area contributed by atoms with Gasteiger partial charge in [0.25, 0.3) is 8.32 Å². The molecule has 0 fully saturated rings. The summed E-state index contributed by atoms with van der Waals surface area (Å²) in [7, 11) is -2.15. The Balaban J connectivity index is 2.04. The van der Waals surface area contributed by atoms with Crippen molar-refractivity contribution in [2.45, 2.75) is 90.3 Å². The van der Waals surface area contributed by atoms with E-state index in [9.17, 15) is 5.11 Å². The Morgan fingerprint density at radius 3 is 1.84 bits per heavy atom. The summed E-state index contributed by atoms with van der Waals surface area (Å²) >= 11 is 13.5.